The van der Waals surface area contributed by atoms with Crippen LogP contribution in [0.15, 0.2) is 36.4 Å². The molecule has 1 heterocycles. The molecule has 0 bridgehead atoms. The Morgan fingerprint density at radius 3 is 2.62 bits per heavy atom. The number of halogens is 2. The van der Waals surface area contributed by atoms with E-state index < -0.39 is 11.7 Å². The molecule has 4 nitrogen and oxygen atoms in total. The highest BCUT2D eigenvalue weighted by atomic mass is 35.5. The van der Waals surface area contributed by atoms with Crippen LogP contribution in [-0.2, 0) is 5.41 Å². The van der Waals surface area contributed by atoms with Crippen LogP contribution in [0.25, 0.3) is 11.0 Å². The number of H-pyrrole nitrogens is 1. The van der Waals surface area contributed by atoms with E-state index in [9.17, 15) is 9.18 Å². The molecule has 124 valence electrons. The first-order valence-electron chi connectivity index (χ1n) is 7.51. The summed E-state index contributed by atoms with van der Waals surface area (Å²) < 4.78 is 13.1. The van der Waals surface area contributed by atoms with Crippen molar-refractivity contribution >= 4 is 34.2 Å². The van der Waals surface area contributed by atoms with E-state index in [4.69, 9.17) is 11.6 Å². The van der Waals surface area contributed by atoms with Crippen LogP contribution >= 0.6 is 11.6 Å². The normalized spacial score (nSPS) is 11.7. The number of carbonyl (C=O) groups excluding carboxylic acids is 1. The Morgan fingerprint density at radius 1 is 1.21 bits per heavy atom. The van der Waals surface area contributed by atoms with E-state index in [1.54, 1.807) is 6.07 Å². The highest BCUT2D eigenvalue weighted by Crippen LogP contribution is 2.25. The van der Waals surface area contributed by atoms with Crippen LogP contribution in [0.5, 0.6) is 0 Å². The highest BCUT2D eigenvalue weighted by Gasteiger charge is 2.18. The van der Waals surface area contributed by atoms with Gasteiger partial charge in [-0.1, -0.05) is 32.4 Å². The third-order valence-corrected chi connectivity index (χ3v) is 3.94. The Kier molecular flexibility index (Phi) is 4.05. The lowest BCUT2D eigenvalue weighted by Crippen LogP contribution is -2.13. The summed E-state index contributed by atoms with van der Waals surface area (Å²) in [7, 11) is 0. The first-order chi connectivity index (χ1) is 11.2. The van der Waals surface area contributed by atoms with Gasteiger partial charge in [0.25, 0.3) is 5.91 Å². The quantitative estimate of drug-likeness (QED) is 0.693. The van der Waals surface area contributed by atoms with Gasteiger partial charge in [-0.3, -0.25) is 4.79 Å². The van der Waals surface area contributed by atoms with Crippen LogP contribution in [-0.4, -0.2) is 15.9 Å². The predicted octanol–water partition coefficient (Wildman–Crippen LogP) is 4.91. The Labute approximate surface area is 144 Å². The first kappa shape index (κ1) is 16.5. The largest absolute Gasteiger partial charge is 0.341 e. The predicted molar refractivity (Wildman–Crippen MR) is 94.2 cm³/mol. The Hall–Kier alpha value is -2.40. The van der Waals surface area contributed by atoms with Gasteiger partial charge in [0.2, 0.25) is 0 Å². The molecule has 0 fully saturated rings. The number of imidazole rings is 1. The molecule has 3 aromatic rings. The standard InChI is InChI=1S/C18H17ClFN3O/c1-18(2,3)17-22-14-7-5-11(9-15(14)23-17)21-16(24)12-6-4-10(20)8-13(12)19/h4-9H,1-3H3,(H,21,24)(H,22,23). The zero-order chi connectivity index (χ0) is 17.5. The van der Waals surface area contributed by atoms with Gasteiger partial charge in [-0.25, -0.2) is 9.37 Å². The van der Waals surface area contributed by atoms with E-state index in [1.807, 2.05) is 12.1 Å². The third-order valence-electron chi connectivity index (χ3n) is 3.63. The molecular formula is C18H17ClFN3O. The van der Waals surface area contributed by atoms with Crippen molar-refractivity contribution in [3.63, 3.8) is 0 Å². The fourth-order valence-electron chi connectivity index (χ4n) is 2.31. The molecule has 1 amide bonds. The van der Waals surface area contributed by atoms with E-state index in [1.165, 1.54) is 12.1 Å². The van der Waals surface area contributed by atoms with E-state index >= 15 is 0 Å². The smallest absolute Gasteiger partial charge is 0.257 e. The summed E-state index contributed by atoms with van der Waals surface area (Å²) in [6.45, 7) is 6.22. The maximum atomic E-state index is 13.1. The maximum Gasteiger partial charge on any atom is 0.257 e. The van der Waals surface area contributed by atoms with Crippen molar-refractivity contribution in [2.75, 3.05) is 5.32 Å². The Morgan fingerprint density at radius 2 is 1.96 bits per heavy atom. The maximum absolute atomic E-state index is 13.1. The van der Waals surface area contributed by atoms with Crippen molar-refractivity contribution < 1.29 is 9.18 Å². The van der Waals surface area contributed by atoms with Crippen molar-refractivity contribution in [3.05, 3.63) is 58.6 Å². The van der Waals surface area contributed by atoms with Gasteiger partial charge in [-0.15, -0.1) is 0 Å². The SMILES string of the molecule is CC(C)(C)c1nc2ccc(NC(=O)c3ccc(F)cc3Cl)cc2[nH]1. The minimum Gasteiger partial charge on any atom is -0.341 e. The molecule has 24 heavy (non-hydrogen) atoms. The molecule has 0 aliphatic carbocycles. The van der Waals surface area contributed by atoms with Gasteiger partial charge in [0.05, 0.1) is 21.6 Å². The van der Waals surface area contributed by atoms with E-state index in [-0.39, 0.29) is 16.0 Å². The average molecular weight is 346 g/mol. The second-order valence-electron chi connectivity index (χ2n) is 6.65. The zero-order valence-corrected chi connectivity index (χ0v) is 14.3. The number of aromatic amines is 1. The fraction of sp³-hybridized carbons (Fsp3) is 0.222. The molecular weight excluding hydrogens is 329 g/mol. The molecule has 2 aromatic carbocycles. The number of carbonyl (C=O) groups is 1. The van der Waals surface area contributed by atoms with Crippen molar-refractivity contribution in [2.45, 2.75) is 26.2 Å². The van der Waals surface area contributed by atoms with Gasteiger partial charge >= 0.3 is 0 Å². The highest BCUT2D eigenvalue weighted by molar-refractivity contribution is 6.34. The van der Waals surface area contributed by atoms with Crippen molar-refractivity contribution in [1.82, 2.24) is 9.97 Å². The lowest BCUT2D eigenvalue weighted by atomic mass is 9.96. The number of rotatable bonds is 2. The van der Waals surface area contributed by atoms with Crippen LogP contribution in [0.4, 0.5) is 10.1 Å². The Bertz CT molecular complexity index is 928. The molecule has 0 radical (unpaired) electrons. The Balaban J connectivity index is 1.88. The van der Waals surface area contributed by atoms with Gasteiger partial charge in [-0.05, 0) is 36.4 Å². The summed E-state index contributed by atoms with van der Waals surface area (Å²) >= 11 is 5.92. The molecule has 6 heteroatoms. The number of aromatic nitrogens is 2. The number of hydrogen-bond acceptors (Lipinski definition) is 2. The number of anilines is 1. The summed E-state index contributed by atoms with van der Waals surface area (Å²) in [4.78, 5) is 20.1. The molecule has 0 aliphatic heterocycles. The minimum absolute atomic E-state index is 0.0742. The number of nitrogens with zero attached hydrogens (tertiary/aromatic N) is 1. The van der Waals surface area contributed by atoms with Crippen LogP contribution in [0, 0.1) is 5.82 Å². The summed E-state index contributed by atoms with van der Waals surface area (Å²) in [5.74, 6) is 0.00241. The van der Waals surface area contributed by atoms with Crippen molar-refractivity contribution in [3.8, 4) is 0 Å². The first-order valence-corrected chi connectivity index (χ1v) is 7.88. The van der Waals surface area contributed by atoms with Gasteiger partial charge in [0.1, 0.15) is 11.6 Å². The molecule has 0 spiro atoms. The molecule has 2 N–H and O–H groups in total. The molecule has 0 saturated heterocycles. The second-order valence-corrected chi connectivity index (χ2v) is 7.05. The molecule has 0 atom stereocenters. The fourth-order valence-corrected chi connectivity index (χ4v) is 2.57. The molecule has 1 aromatic heterocycles. The van der Waals surface area contributed by atoms with Gasteiger partial charge < -0.3 is 10.3 Å². The number of fused-ring (bicyclic) bond motifs is 1. The third kappa shape index (κ3) is 3.26. The average Bonchev–Trinajstić information content (AvgIpc) is 2.90. The van der Waals surface area contributed by atoms with Crippen molar-refractivity contribution in [2.24, 2.45) is 0 Å². The van der Waals surface area contributed by atoms with Gasteiger partial charge in [0, 0.05) is 11.1 Å². The molecule has 3 rings (SSSR count). The summed E-state index contributed by atoms with van der Waals surface area (Å²) in [6.07, 6.45) is 0. The molecule has 0 saturated carbocycles. The van der Waals surface area contributed by atoms with E-state index in [0.717, 1.165) is 22.9 Å². The summed E-state index contributed by atoms with van der Waals surface area (Å²) in [5, 5.41) is 2.84. The van der Waals surface area contributed by atoms with Gasteiger partial charge in [0.15, 0.2) is 0 Å². The minimum atomic E-state index is -0.481. The summed E-state index contributed by atoms with van der Waals surface area (Å²) in [6, 6.07) is 9.10. The van der Waals surface area contributed by atoms with Crippen LogP contribution in [0.3, 0.4) is 0 Å². The van der Waals surface area contributed by atoms with Crippen LogP contribution in [0.2, 0.25) is 5.02 Å². The van der Waals surface area contributed by atoms with Crippen LogP contribution < -0.4 is 5.32 Å². The number of hydrogen-bond donors (Lipinski definition) is 2. The monoisotopic (exact) mass is 345 g/mol. The number of benzene rings is 2. The van der Waals surface area contributed by atoms with Crippen LogP contribution in [0.1, 0.15) is 37.0 Å². The van der Waals surface area contributed by atoms with E-state index in [2.05, 4.69) is 36.1 Å². The molecule has 0 unspecified atom stereocenters. The zero-order valence-electron chi connectivity index (χ0n) is 13.6. The van der Waals surface area contributed by atoms with Gasteiger partial charge in [-0.2, -0.15) is 0 Å². The second kappa shape index (κ2) is 5.91. The summed E-state index contributed by atoms with van der Waals surface area (Å²) in [5.41, 5.74) is 2.40. The lowest BCUT2D eigenvalue weighted by Gasteiger charge is -2.13. The lowest BCUT2D eigenvalue weighted by molar-refractivity contribution is 0.102. The van der Waals surface area contributed by atoms with E-state index in [0.29, 0.717) is 5.69 Å². The van der Waals surface area contributed by atoms with Crippen molar-refractivity contribution in [1.29, 1.82) is 0 Å². The number of amides is 1. The number of nitrogens with one attached hydrogen (secondary N) is 2. The molecule has 0 aliphatic rings. The topological polar surface area (TPSA) is 57.8 Å².